The first kappa shape index (κ1) is 11.4. The lowest BCUT2D eigenvalue weighted by molar-refractivity contribution is 0.174. The zero-order chi connectivity index (χ0) is 10.5. The van der Waals surface area contributed by atoms with E-state index in [2.05, 4.69) is 17.1 Å². The molecule has 1 heterocycles. The molecule has 0 amide bonds. The van der Waals surface area contributed by atoms with Crippen LogP contribution in [0.2, 0.25) is 0 Å². The van der Waals surface area contributed by atoms with Gasteiger partial charge in [0.2, 0.25) is 0 Å². The Morgan fingerprint density at radius 2 is 2.13 bits per heavy atom. The summed E-state index contributed by atoms with van der Waals surface area (Å²) in [5.74, 6) is 1.03. The molecule has 0 aromatic carbocycles. The van der Waals surface area contributed by atoms with Crippen LogP contribution in [0.5, 0.6) is 0 Å². The first-order valence-electron chi connectivity index (χ1n) is 6.84. The highest BCUT2D eigenvalue weighted by Gasteiger charge is 2.23. The zero-order valence-corrected chi connectivity index (χ0v) is 10.2. The molecular formula is C13H26N2. The first-order chi connectivity index (χ1) is 7.38. The van der Waals surface area contributed by atoms with E-state index in [0.717, 1.165) is 12.0 Å². The van der Waals surface area contributed by atoms with Crippen LogP contribution in [0, 0.1) is 5.92 Å². The maximum atomic E-state index is 3.68. The van der Waals surface area contributed by atoms with Gasteiger partial charge in [-0.15, -0.1) is 0 Å². The van der Waals surface area contributed by atoms with Crippen molar-refractivity contribution in [1.29, 1.82) is 0 Å². The molecule has 0 aromatic rings. The fourth-order valence-electron chi connectivity index (χ4n) is 2.82. The van der Waals surface area contributed by atoms with Crippen LogP contribution in [0.15, 0.2) is 0 Å². The molecule has 0 bridgehead atoms. The Morgan fingerprint density at radius 3 is 2.80 bits per heavy atom. The van der Waals surface area contributed by atoms with E-state index in [1.165, 1.54) is 64.7 Å². The normalized spacial score (nSPS) is 29.8. The van der Waals surface area contributed by atoms with Gasteiger partial charge in [0.25, 0.3) is 0 Å². The summed E-state index contributed by atoms with van der Waals surface area (Å²) >= 11 is 0. The summed E-state index contributed by atoms with van der Waals surface area (Å²) in [6.07, 6.45) is 8.46. The third-order valence-electron chi connectivity index (χ3n) is 3.94. The minimum absolute atomic E-state index is 0.762. The van der Waals surface area contributed by atoms with E-state index in [9.17, 15) is 0 Å². The smallest absolute Gasteiger partial charge is 0.0194 e. The Balaban J connectivity index is 1.75. The Hall–Kier alpha value is -0.0800. The third-order valence-corrected chi connectivity index (χ3v) is 3.94. The summed E-state index contributed by atoms with van der Waals surface area (Å²) in [4.78, 5) is 2.71. The molecule has 1 saturated heterocycles. The van der Waals surface area contributed by atoms with Gasteiger partial charge in [-0.1, -0.05) is 19.8 Å². The highest BCUT2D eigenvalue weighted by Crippen LogP contribution is 2.27. The van der Waals surface area contributed by atoms with Gasteiger partial charge in [-0.3, -0.25) is 0 Å². The molecule has 2 fully saturated rings. The van der Waals surface area contributed by atoms with Crippen LogP contribution in [-0.2, 0) is 0 Å². The van der Waals surface area contributed by atoms with Crippen molar-refractivity contribution in [2.75, 3.05) is 26.2 Å². The van der Waals surface area contributed by atoms with Crippen LogP contribution < -0.4 is 5.32 Å². The number of rotatable bonds is 4. The molecule has 0 aromatic heterocycles. The molecule has 1 unspecified atom stereocenters. The largest absolute Gasteiger partial charge is 0.313 e. The van der Waals surface area contributed by atoms with Gasteiger partial charge >= 0.3 is 0 Å². The van der Waals surface area contributed by atoms with Crippen LogP contribution in [-0.4, -0.2) is 37.1 Å². The Morgan fingerprint density at radius 1 is 1.27 bits per heavy atom. The lowest BCUT2D eigenvalue weighted by Crippen LogP contribution is -2.40. The summed E-state index contributed by atoms with van der Waals surface area (Å²) in [5.41, 5.74) is 0. The van der Waals surface area contributed by atoms with E-state index in [0.29, 0.717) is 0 Å². The molecule has 1 aliphatic heterocycles. The van der Waals surface area contributed by atoms with E-state index in [1.54, 1.807) is 0 Å². The van der Waals surface area contributed by atoms with Crippen molar-refractivity contribution in [2.24, 2.45) is 5.92 Å². The van der Waals surface area contributed by atoms with E-state index in [4.69, 9.17) is 0 Å². The van der Waals surface area contributed by atoms with E-state index < -0.39 is 0 Å². The van der Waals surface area contributed by atoms with Crippen LogP contribution in [0.3, 0.4) is 0 Å². The number of nitrogens with zero attached hydrogens (tertiary/aromatic N) is 1. The summed E-state index contributed by atoms with van der Waals surface area (Å²) in [5, 5.41) is 3.68. The molecule has 0 spiro atoms. The van der Waals surface area contributed by atoms with Gasteiger partial charge in [0.05, 0.1) is 0 Å². The van der Waals surface area contributed by atoms with E-state index >= 15 is 0 Å². The Labute approximate surface area is 94.4 Å². The van der Waals surface area contributed by atoms with Crippen LogP contribution in [0.1, 0.15) is 45.4 Å². The van der Waals surface area contributed by atoms with Gasteiger partial charge in [0.1, 0.15) is 0 Å². The predicted octanol–water partition coefficient (Wildman–Crippen LogP) is 2.25. The minimum atomic E-state index is 0.762. The first-order valence-corrected chi connectivity index (χ1v) is 6.84. The number of hydrogen-bond acceptors (Lipinski definition) is 2. The number of nitrogens with one attached hydrogen (secondary N) is 1. The van der Waals surface area contributed by atoms with Crippen molar-refractivity contribution in [1.82, 2.24) is 10.2 Å². The molecule has 2 rings (SSSR count). The quantitative estimate of drug-likeness (QED) is 0.765. The van der Waals surface area contributed by atoms with Gasteiger partial charge in [0.15, 0.2) is 0 Å². The second-order valence-electron chi connectivity index (χ2n) is 5.35. The fraction of sp³-hybridized carbons (Fsp3) is 1.00. The second-order valence-corrected chi connectivity index (χ2v) is 5.35. The van der Waals surface area contributed by atoms with Crippen LogP contribution in [0.4, 0.5) is 0 Å². The Bertz CT molecular complexity index is 177. The minimum Gasteiger partial charge on any atom is -0.313 e. The lowest BCUT2D eigenvalue weighted by Gasteiger charge is -2.32. The van der Waals surface area contributed by atoms with E-state index in [1.807, 2.05) is 0 Å². The monoisotopic (exact) mass is 210 g/mol. The predicted molar refractivity (Wildman–Crippen MR) is 65.1 cm³/mol. The SMILES string of the molecule is CCCC1CN(CC2CCC2)CCCN1. The molecule has 1 aliphatic carbocycles. The second kappa shape index (κ2) is 5.86. The lowest BCUT2D eigenvalue weighted by atomic mass is 9.85. The standard InChI is InChI=1S/C13H26N2/c1-2-5-13-11-15(9-4-8-14-13)10-12-6-3-7-12/h12-14H,2-11H2,1H3. The third kappa shape index (κ3) is 3.46. The average Bonchev–Trinajstić information content (AvgIpc) is 2.38. The van der Waals surface area contributed by atoms with Crippen molar-refractivity contribution in [3.05, 3.63) is 0 Å². The molecular weight excluding hydrogens is 184 g/mol. The molecule has 1 atom stereocenters. The van der Waals surface area contributed by atoms with Gasteiger partial charge < -0.3 is 10.2 Å². The molecule has 0 radical (unpaired) electrons. The van der Waals surface area contributed by atoms with Crippen molar-refractivity contribution in [2.45, 2.75) is 51.5 Å². The summed E-state index contributed by atoms with van der Waals surface area (Å²) in [7, 11) is 0. The molecule has 2 aliphatic rings. The maximum absolute atomic E-state index is 3.68. The topological polar surface area (TPSA) is 15.3 Å². The van der Waals surface area contributed by atoms with Gasteiger partial charge in [0, 0.05) is 19.1 Å². The number of hydrogen-bond donors (Lipinski definition) is 1. The molecule has 1 saturated carbocycles. The molecule has 88 valence electrons. The fourth-order valence-corrected chi connectivity index (χ4v) is 2.82. The maximum Gasteiger partial charge on any atom is 0.0194 e. The molecule has 2 heteroatoms. The van der Waals surface area contributed by atoms with Crippen molar-refractivity contribution >= 4 is 0 Å². The average molecular weight is 210 g/mol. The molecule has 2 nitrogen and oxygen atoms in total. The Kier molecular flexibility index (Phi) is 4.45. The van der Waals surface area contributed by atoms with Gasteiger partial charge in [-0.25, -0.2) is 0 Å². The molecule has 15 heavy (non-hydrogen) atoms. The van der Waals surface area contributed by atoms with Crippen molar-refractivity contribution in [3.63, 3.8) is 0 Å². The van der Waals surface area contributed by atoms with Crippen molar-refractivity contribution < 1.29 is 0 Å². The highest BCUT2D eigenvalue weighted by atomic mass is 15.2. The molecule has 1 N–H and O–H groups in total. The zero-order valence-electron chi connectivity index (χ0n) is 10.2. The van der Waals surface area contributed by atoms with Crippen molar-refractivity contribution in [3.8, 4) is 0 Å². The highest BCUT2D eigenvalue weighted by molar-refractivity contribution is 4.80. The summed E-state index contributed by atoms with van der Waals surface area (Å²) in [6, 6.07) is 0.762. The van der Waals surface area contributed by atoms with E-state index in [-0.39, 0.29) is 0 Å². The van der Waals surface area contributed by atoms with Crippen LogP contribution >= 0.6 is 0 Å². The van der Waals surface area contributed by atoms with Gasteiger partial charge in [-0.05, 0) is 44.7 Å². The van der Waals surface area contributed by atoms with Gasteiger partial charge in [-0.2, -0.15) is 0 Å². The summed E-state index contributed by atoms with van der Waals surface area (Å²) in [6.45, 7) is 7.52. The summed E-state index contributed by atoms with van der Waals surface area (Å²) < 4.78 is 0. The van der Waals surface area contributed by atoms with Crippen LogP contribution in [0.25, 0.3) is 0 Å².